The Morgan fingerprint density at radius 3 is 2.27 bits per heavy atom. The zero-order valence-electron chi connectivity index (χ0n) is 16.5. The van der Waals surface area contributed by atoms with Gasteiger partial charge in [0.2, 0.25) is 10.0 Å². The lowest BCUT2D eigenvalue weighted by Gasteiger charge is -2.20. The fraction of sp³-hybridized carbons (Fsp3) is 0.300. The highest BCUT2D eigenvalue weighted by Crippen LogP contribution is 2.17. The van der Waals surface area contributed by atoms with E-state index < -0.39 is 21.9 Å². The molecule has 2 rings (SSSR count). The number of benzene rings is 2. The third-order valence-corrected chi connectivity index (χ3v) is 5.90. The smallest absolute Gasteiger partial charge is 0.305 e. The van der Waals surface area contributed by atoms with Gasteiger partial charge >= 0.3 is 5.97 Å². The van der Waals surface area contributed by atoms with Crippen LogP contribution in [0.15, 0.2) is 53.4 Å². The molecule has 0 heterocycles. The molecule has 10 heteroatoms. The van der Waals surface area contributed by atoms with Crippen LogP contribution in [0.4, 0.5) is 0 Å². The molecule has 0 fully saturated rings. The van der Waals surface area contributed by atoms with Gasteiger partial charge in [-0.25, -0.2) is 13.1 Å². The number of rotatable bonds is 10. The number of carbonyl (C=O) groups excluding carboxylic acids is 1. The van der Waals surface area contributed by atoms with Crippen molar-refractivity contribution in [2.24, 2.45) is 0 Å². The molecule has 1 amide bonds. The maximum absolute atomic E-state index is 12.4. The molecule has 162 valence electrons. The summed E-state index contributed by atoms with van der Waals surface area (Å²) in [6.07, 6.45) is 0.200. The number of halogens is 1. The first-order valence-electron chi connectivity index (χ1n) is 9.11. The van der Waals surface area contributed by atoms with Crippen molar-refractivity contribution < 1.29 is 28.0 Å². The summed E-state index contributed by atoms with van der Waals surface area (Å²) in [5.41, 5.74) is 0.855. The van der Waals surface area contributed by atoms with E-state index in [1.807, 2.05) is 0 Å². The summed E-state index contributed by atoms with van der Waals surface area (Å²) >= 11 is 5.79. The number of carboxylic acids is 1. The van der Waals surface area contributed by atoms with Gasteiger partial charge in [0, 0.05) is 18.0 Å². The van der Waals surface area contributed by atoms with E-state index in [0.29, 0.717) is 17.2 Å². The summed E-state index contributed by atoms with van der Waals surface area (Å²) in [5, 5.41) is 10.2. The van der Waals surface area contributed by atoms with Crippen molar-refractivity contribution in [1.29, 1.82) is 0 Å². The van der Waals surface area contributed by atoms with E-state index in [2.05, 4.69) is 4.72 Å². The molecule has 0 aliphatic rings. The van der Waals surface area contributed by atoms with Crippen molar-refractivity contribution in [1.82, 2.24) is 9.79 Å². The summed E-state index contributed by atoms with van der Waals surface area (Å²) in [6, 6.07) is 12.3. The molecule has 8 nitrogen and oxygen atoms in total. The van der Waals surface area contributed by atoms with Gasteiger partial charge in [-0.05, 0) is 55.3 Å². The Bertz CT molecular complexity index is 977. The highest BCUT2D eigenvalue weighted by molar-refractivity contribution is 7.89. The number of carboxylic acid groups (broad SMARTS) is 1. The monoisotopic (exact) mass is 454 g/mol. The number of hydroxylamine groups is 2. The molecule has 2 aromatic rings. The van der Waals surface area contributed by atoms with Crippen LogP contribution in [0.3, 0.4) is 0 Å². The summed E-state index contributed by atoms with van der Waals surface area (Å²) in [6.45, 7) is 2.96. The van der Waals surface area contributed by atoms with E-state index in [0.717, 1.165) is 10.6 Å². The Morgan fingerprint density at radius 1 is 1.13 bits per heavy atom. The number of hydrogen-bond donors (Lipinski definition) is 2. The molecule has 0 aliphatic carbocycles. The minimum atomic E-state index is -3.67. The van der Waals surface area contributed by atoms with Gasteiger partial charge in [-0.1, -0.05) is 23.7 Å². The molecule has 0 saturated carbocycles. The number of aliphatic carboxylic acids is 1. The van der Waals surface area contributed by atoms with E-state index in [1.54, 1.807) is 31.2 Å². The van der Waals surface area contributed by atoms with Gasteiger partial charge in [-0.15, -0.1) is 0 Å². The Morgan fingerprint density at radius 2 is 1.73 bits per heavy atom. The van der Waals surface area contributed by atoms with Crippen LogP contribution < -0.4 is 9.56 Å². The van der Waals surface area contributed by atoms with Crippen LogP contribution in [-0.4, -0.2) is 43.1 Å². The quantitative estimate of drug-likeness (QED) is 0.534. The van der Waals surface area contributed by atoms with Crippen molar-refractivity contribution in [2.75, 3.05) is 6.54 Å². The fourth-order valence-electron chi connectivity index (χ4n) is 2.62. The molecule has 0 spiro atoms. The minimum Gasteiger partial charge on any atom is -0.481 e. The lowest BCUT2D eigenvalue weighted by Crippen LogP contribution is -2.34. The number of nitrogens with one attached hydrogen (secondary N) is 1. The van der Waals surface area contributed by atoms with Gasteiger partial charge < -0.3 is 9.94 Å². The largest absolute Gasteiger partial charge is 0.481 e. The molecule has 30 heavy (non-hydrogen) atoms. The predicted octanol–water partition coefficient (Wildman–Crippen LogP) is 2.87. The van der Waals surface area contributed by atoms with E-state index in [4.69, 9.17) is 21.5 Å². The topological polar surface area (TPSA) is 113 Å². The Labute approximate surface area is 180 Å². The summed E-state index contributed by atoms with van der Waals surface area (Å²) in [7, 11) is -3.67. The van der Waals surface area contributed by atoms with Crippen LogP contribution >= 0.6 is 11.6 Å². The number of hydrogen-bond acceptors (Lipinski definition) is 5. The second kappa shape index (κ2) is 10.4. The van der Waals surface area contributed by atoms with Crippen LogP contribution in [0.25, 0.3) is 0 Å². The normalized spacial score (nSPS) is 12.2. The number of nitrogens with zero attached hydrogens (tertiary/aromatic N) is 1. The summed E-state index contributed by atoms with van der Waals surface area (Å²) < 4.78 is 27.5. The fourth-order valence-corrected chi connectivity index (χ4v) is 3.99. The number of sulfonamides is 1. The van der Waals surface area contributed by atoms with E-state index in [-0.39, 0.29) is 23.9 Å². The zero-order valence-corrected chi connectivity index (χ0v) is 18.1. The van der Waals surface area contributed by atoms with Gasteiger partial charge in [0.1, 0.15) is 0 Å². The first-order valence-corrected chi connectivity index (χ1v) is 11.0. The van der Waals surface area contributed by atoms with Crippen molar-refractivity contribution in [3.63, 3.8) is 0 Å². The molecule has 1 unspecified atom stereocenters. The van der Waals surface area contributed by atoms with Crippen LogP contribution in [0.5, 0.6) is 5.75 Å². The zero-order chi connectivity index (χ0) is 22.3. The lowest BCUT2D eigenvalue weighted by molar-refractivity contribution is -0.157. The van der Waals surface area contributed by atoms with Gasteiger partial charge in [0.05, 0.1) is 17.9 Å². The number of amides is 1. The van der Waals surface area contributed by atoms with E-state index in [1.165, 1.54) is 31.2 Å². The minimum absolute atomic E-state index is 0.0735. The van der Waals surface area contributed by atoms with Crippen LogP contribution in [-0.2, 0) is 26.0 Å². The highest BCUT2D eigenvalue weighted by Gasteiger charge is 2.18. The average Bonchev–Trinajstić information content (AvgIpc) is 2.66. The first kappa shape index (κ1) is 23.7. The van der Waals surface area contributed by atoms with Gasteiger partial charge in [-0.3, -0.25) is 9.59 Å². The molecule has 0 bridgehead atoms. The molecule has 2 N–H and O–H groups in total. The van der Waals surface area contributed by atoms with Crippen molar-refractivity contribution >= 4 is 33.5 Å². The number of carbonyl (C=O) groups is 2. The van der Waals surface area contributed by atoms with E-state index >= 15 is 0 Å². The first-order chi connectivity index (χ1) is 14.1. The molecule has 0 radical (unpaired) electrons. The summed E-state index contributed by atoms with van der Waals surface area (Å²) in [4.78, 5) is 27.8. The average molecular weight is 455 g/mol. The second-order valence-electron chi connectivity index (χ2n) is 6.68. The SMILES string of the molecule is CC(=O)N(CCC(=O)O)Oc1ccc(CC(C)NS(=O)(=O)c2ccc(Cl)cc2)cc1. The Kier molecular flexibility index (Phi) is 8.22. The van der Waals surface area contributed by atoms with E-state index in [9.17, 15) is 18.0 Å². The van der Waals surface area contributed by atoms with Crippen molar-refractivity contribution in [3.8, 4) is 5.75 Å². The molecule has 2 aromatic carbocycles. The Balaban J connectivity index is 1.96. The third-order valence-electron chi connectivity index (χ3n) is 4.04. The molecule has 1 atom stereocenters. The standard InChI is InChI=1S/C20H23ClN2O6S/c1-14(22-30(27,28)19-9-5-17(21)6-10-19)13-16-3-7-18(8-4-16)29-23(15(2)24)12-11-20(25)26/h3-10,14,22H,11-13H2,1-2H3,(H,25,26). The second-order valence-corrected chi connectivity index (χ2v) is 8.83. The maximum Gasteiger partial charge on any atom is 0.305 e. The molecule has 0 aliphatic heterocycles. The van der Waals surface area contributed by atoms with Crippen LogP contribution in [0.1, 0.15) is 25.8 Å². The van der Waals surface area contributed by atoms with Gasteiger partial charge in [0.15, 0.2) is 5.75 Å². The van der Waals surface area contributed by atoms with Gasteiger partial charge in [0.25, 0.3) is 5.91 Å². The molecular weight excluding hydrogens is 432 g/mol. The van der Waals surface area contributed by atoms with Crippen LogP contribution in [0.2, 0.25) is 5.02 Å². The molecule has 0 aromatic heterocycles. The van der Waals surface area contributed by atoms with Crippen LogP contribution in [0, 0.1) is 0 Å². The lowest BCUT2D eigenvalue weighted by atomic mass is 10.1. The maximum atomic E-state index is 12.4. The highest BCUT2D eigenvalue weighted by atomic mass is 35.5. The molecular formula is C20H23ClN2O6S. The van der Waals surface area contributed by atoms with Crippen molar-refractivity contribution in [3.05, 3.63) is 59.1 Å². The summed E-state index contributed by atoms with van der Waals surface area (Å²) in [5.74, 6) is -1.07. The van der Waals surface area contributed by atoms with Crippen molar-refractivity contribution in [2.45, 2.75) is 37.6 Å². The Hall–Kier alpha value is -2.62. The van der Waals surface area contributed by atoms with Gasteiger partial charge in [-0.2, -0.15) is 5.06 Å². The predicted molar refractivity (Wildman–Crippen MR) is 112 cm³/mol. The molecule has 0 saturated heterocycles. The third kappa shape index (κ3) is 7.33.